The molecule has 0 radical (unpaired) electrons. The normalized spacial score (nSPS) is 16.2. The third-order valence-corrected chi connectivity index (χ3v) is 5.06. The molecule has 0 aromatic heterocycles. The Kier molecular flexibility index (Phi) is 6.13. The van der Waals surface area contributed by atoms with Gasteiger partial charge in [-0.15, -0.1) is 0 Å². The summed E-state index contributed by atoms with van der Waals surface area (Å²) in [5.74, 6) is -0.436. The number of benzene rings is 2. The molecule has 3 N–H and O–H groups in total. The number of thiocarbonyl (C=S) groups is 1. The van der Waals surface area contributed by atoms with E-state index in [1.54, 1.807) is 42.3 Å². The molecule has 29 heavy (non-hydrogen) atoms. The highest BCUT2D eigenvalue weighted by Gasteiger charge is 2.33. The van der Waals surface area contributed by atoms with Gasteiger partial charge in [0.2, 0.25) is 0 Å². The minimum absolute atomic E-state index is 0.361. The smallest absolute Gasteiger partial charge is 0.337 e. The number of nitrogens with one attached hydrogen (secondary N) is 3. The van der Waals surface area contributed by atoms with Crippen molar-refractivity contribution in [1.82, 2.24) is 10.2 Å². The number of allylic oxidation sites excluding steroid dienone is 1. The summed E-state index contributed by atoms with van der Waals surface area (Å²) in [6, 6.07) is 15.6. The van der Waals surface area contributed by atoms with Gasteiger partial charge in [-0.05, 0) is 49.0 Å². The van der Waals surface area contributed by atoms with Crippen molar-refractivity contribution in [3.63, 3.8) is 0 Å². The molecule has 1 heterocycles. The molecule has 3 rings (SSSR count). The predicted octanol–water partition coefficient (Wildman–Crippen LogP) is 3.64. The van der Waals surface area contributed by atoms with Gasteiger partial charge in [-0.2, -0.15) is 0 Å². The van der Waals surface area contributed by atoms with E-state index < -0.39 is 12.0 Å². The number of ether oxygens (including phenoxy) is 1. The topological polar surface area (TPSA) is 82.7 Å². The zero-order chi connectivity index (χ0) is 21.0. The first-order valence-corrected chi connectivity index (χ1v) is 9.38. The van der Waals surface area contributed by atoms with E-state index >= 15 is 0 Å². The van der Waals surface area contributed by atoms with Crippen molar-refractivity contribution in [2.75, 3.05) is 24.8 Å². The second kappa shape index (κ2) is 8.74. The van der Waals surface area contributed by atoms with Gasteiger partial charge >= 0.3 is 12.0 Å². The summed E-state index contributed by atoms with van der Waals surface area (Å²) in [4.78, 5) is 26.4. The van der Waals surface area contributed by atoms with Gasteiger partial charge in [0, 0.05) is 24.1 Å². The molecular formula is C21H22N4O3S. The number of rotatable bonds is 4. The second-order valence-electron chi connectivity index (χ2n) is 6.50. The van der Waals surface area contributed by atoms with Crippen LogP contribution in [0.1, 0.15) is 18.5 Å². The molecule has 8 heteroatoms. The minimum atomic E-state index is -0.481. The van der Waals surface area contributed by atoms with Gasteiger partial charge in [0.1, 0.15) is 0 Å². The third-order valence-electron chi connectivity index (χ3n) is 4.67. The number of methoxy groups -OCH3 is 1. The van der Waals surface area contributed by atoms with Crippen molar-refractivity contribution in [2.45, 2.75) is 13.0 Å². The molecule has 0 fully saturated rings. The van der Waals surface area contributed by atoms with Crippen LogP contribution in [0.5, 0.6) is 0 Å². The number of carbonyl (C=O) groups excluding carboxylic acids is 2. The fourth-order valence-electron chi connectivity index (χ4n) is 3.07. The van der Waals surface area contributed by atoms with Crippen molar-refractivity contribution in [3.8, 4) is 0 Å². The number of hydrogen-bond acceptors (Lipinski definition) is 4. The summed E-state index contributed by atoms with van der Waals surface area (Å²) in [5.41, 5.74) is 3.23. The number of anilines is 2. The maximum atomic E-state index is 12.4. The van der Waals surface area contributed by atoms with E-state index in [4.69, 9.17) is 17.0 Å². The van der Waals surface area contributed by atoms with Gasteiger partial charge in [0.15, 0.2) is 5.11 Å². The Labute approximate surface area is 174 Å². The summed E-state index contributed by atoms with van der Waals surface area (Å²) in [6.45, 7) is 1.82. The lowest BCUT2D eigenvalue weighted by molar-refractivity contribution is -0.136. The molecule has 0 bridgehead atoms. The summed E-state index contributed by atoms with van der Waals surface area (Å²) < 4.78 is 4.97. The van der Waals surface area contributed by atoms with Crippen molar-refractivity contribution < 1.29 is 14.3 Å². The quantitative estimate of drug-likeness (QED) is 0.527. The summed E-state index contributed by atoms with van der Waals surface area (Å²) >= 11 is 5.38. The van der Waals surface area contributed by atoms with Crippen LogP contribution < -0.4 is 16.0 Å². The summed E-state index contributed by atoms with van der Waals surface area (Å²) in [6.07, 6.45) is 0. The zero-order valence-electron chi connectivity index (χ0n) is 16.4. The van der Waals surface area contributed by atoms with E-state index in [0.717, 1.165) is 5.56 Å². The van der Waals surface area contributed by atoms with E-state index in [-0.39, 0.29) is 6.03 Å². The van der Waals surface area contributed by atoms with Gasteiger partial charge in [0.25, 0.3) is 0 Å². The van der Waals surface area contributed by atoms with Crippen molar-refractivity contribution in [3.05, 3.63) is 71.4 Å². The molecule has 2 aromatic rings. The average Bonchev–Trinajstić information content (AvgIpc) is 2.72. The Morgan fingerprint density at radius 1 is 1.07 bits per heavy atom. The van der Waals surface area contributed by atoms with E-state index in [2.05, 4.69) is 16.0 Å². The standard InChI is InChI=1S/C21H22N4O3S/c1-13-17(19(26)28-3)18(24-21(29)25(13)2)14-8-7-11-16(12-14)23-20(27)22-15-9-5-4-6-10-15/h4-12,18H,1-3H3,(H,24,29)(H2,22,23,27). The van der Waals surface area contributed by atoms with Gasteiger partial charge in [-0.3, -0.25) is 0 Å². The molecule has 1 unspecified atom stereocenters. The molecule has 0 saturated heterocycles. The average molecular weight is 410 g/mol. The van der Waals surface area contributed by atoms with Gasteiger partial charge in [-0.25, -0.2) is 9.59 Å². The molecule has 150 valence electrons. The lowest BCUT2D eigenvalue weighted by atomic mass is 9.95. The van der Waals surface area contributed by atoms with Crippen molar-refractivity contribution in [1.29, 1.82) is 0 Å². The Bertz CT molecular complexity index is 975. The number of amides is 2. The van der Waals surface area contributed by atoms with E-state index in [1.807, 2.05) is 31.2 Å². The lowest BCUT2D eigenvalue weighted by Gasteiger charge is -2.35. The number of carbonyl (C=O) groups is 2. The van der Waals surface area contributed by atoms with E-state index in [0.29, 0.717) is 27.8 Å². The van der Waals surface area contributed by atoms with Gasteiger partial charge < -0.3 is 25.6 Å². The van der Waals surface area contributed by atoms with Gasteiger partial charge in [0.05, 0.1) is 18.7 Å². The molecule has 7 nitrogen and oxygen atoms in total. The van der Waals surface area contributed by atoms with Crippen LogP contribution in [-0.2, 0) is 9.53 Å². The first-order valence-electron chi connectivity index (χ1n) is 8.97. The molecule has 1 atom stereocenters. The van der Waals surface area contributed by atoms with Gasteiger partial charge in [-0.1, -0.05) is 30.3 Å². The van der Waals surface area contributed by atoms with Crippen LogP contribution in [0.25, 0.3) is 0 Å². The van der Waals surface area contributed by atoms with E-state index in [9.17, 15) is 9.59 Å². The lowest BCUT2D eigenvalue weighted by Crippen LogP contribution is -2.46. The first kappa shape index (κ1) is 20.3. The van der Waals surface area contributed by atoms with Crippen LogP contribution in [0, 0.1) is 0 Å². The fourth-order valence-corrected chi connectivity index (χ4v) is 3.33. The number of urea groups is 1. The third kappa shape index (κ3) is 4.55. The Morgan fingerprint density at radius 3 is 2.41 bits per heavy atom. The zero-order valence-corrected chi connectivity index (χ0v) is 17.2. The predicted molar refractivity (Wildman–Crippen MR) is 116 cm³/mol. The summed E-state index contributed by atoms with van der Waals surface area (Å²) in [7, 11) is 3.13. The van der Waals surface area contributed by atoms with Crippen LogP contribution in [-0.4, -0.2) is 36.2 Å². The Balaban J connectivity index is 1.85. The number of nitrogens with zero attached hydrogens (tertiary/aromatic N) is 1. The molecular weight excluding hydrogens is 388 g/mol. The number of esters is 1. The van der Waals surface area contributed by atoms with Crippen molar-refractivity contribution >= 4 is 40.7 Å². The van der Waals surface area contributed by atoms with Crippen LogP contribution >= 0.6 is 12.2 Å². The highest BCUT2D eigenvalue weighted by atomic mass is 32.1. The maximum Gasteiger partial charge on any atom is 0.337 e. The fraction of sp³-hybridized carbons (Fsp3) is 0.190. The number of hydrogen-bond donors (Lipinski definition) is 3. The molecule has 0 aliphatic carbocycles. The van der Waals surface area contributed by atoms with Crippen LogP contribution in [0.4, 0.5) is 16.2 Å². The van der Waals surface area contributed by atoms with Crippen molar-refractivity contribution in [2.24, 2.45) is 0 Å². The summed E-state index contributed by atoms with van der Waals surface area (Å²) in [5, 5.41) is 9.24. The molecule has 2 amide bonds. The monoisotopic (exact) mass is 410 g/mol. The Morgan fingerprint density at radius 2 is 1.72 bits per heavy atom. The maximum absolute atomic E-state index is 12.4. The van der Waals surface area contributed by atoms with E-state index in [1.165, 1.54) is 7.11 Å². The molecule has 2 aromatic carbocycles. The van der Waals surface area contributed by atoms with Crippen LogP contribution in [0.2, 0.25) is 0 Å². The molecule has 0 saturated carbocycles. The number of para-hydroxylation sites is 1. The Hall–Kier alpha value is -3.39. The highest BCUT2D eigenvalue weighted by molar-refractivity contribution is 7.80. The SMILES string of the molecule is COC(=O)C1=C(C)N(C)C(=S)NC1c1cccc(NC(=O)Nc2ccccc2)c1. The first-order chi connectivity index (χ1) is 13.9. The minimum Gasteiger partial charge on any atom is -0.466 e. The second-order valence-corrected chi connectivity index (χ2v) is 6.89. The molecule has 0 spiro atoms. The van der Waals surface area contributed by atoms with Crippen LogP contribution in [0.15, 0.2) is 65.9 Å². The highest BCUT2D eigenvalue weighted by Crippen LogP contribution is 2.31. The molecule has 1 aliphatic rings. The molecule has 1 aliphatic heterocycles. The largest absolute Gasteiger partial charge is 0.466 e. The van der Waals surface area contributed by atoms with Crippen LogP contribution in [0.3, 0.4) is 0 Å².